The summed E-state index contributed by atoms with van der Waals surface area (Å²) in [6.07, 6.45) is 0.773. The zero-order valence-electron chi connectivity index (χ0n) is 16.5. The maximum atomic E-state index is 13.3. The third-order valence-corrected chi connectivity index (χ3v) is 6.46. The molecule has 8 heteroatoms. The van der Waals surface area contributed by atoms with Gasteiger partial charge in [-0.1, -0.05) is 30.3 Å². The Kier molecular flexibility index (Phi) is 4.78. The van der Waals surface area contributed by atoms with Crippen LogP contribution in [0.15, 0.2) is 69.6 Å². The first-order chi connectivity index (χ1) is 15.0. The lowest BCUT2D eigenvalue weighted by Crippen LogP contribution is -2.43. The van der Waals surface area contributed by atoms with Crippen LogP contribution >= 0.6 is 11.3 Å². The Labute approximate surface area is 180 Å². The van der Waals surface area contributed by atoms with Crippen molar-refractivity contribution in [1.29, 1.82) is 0 Å². The van der Waals surface area contributed by atoms with Crippen LogP contribution in [0.5, 0.6) is 0 Å². The Morgan fingerprint density at radius 2 is 1.77 bits per heavy atom. The van der Waals surface area contributed by atoms with Gasteiger partial charge in [-0.3, -0.25) is 18.7 Å². The molecule has 0 fully saturated rings. The van der Waals surface area contributed by atoms with Crippen LogP contribution in [-0.4, -0.2) is 21.6 Å². The number of rotatable bonds is 4. The van der Waals surface area contributed by atoms with E-state index in [2.05, 4.69) is 0 Å². The largest absolute Gasteiger partial charge is 0.332 e. The Morgan fingerprint density at radius 3 is 2.58 bits per heavy atom. The van der Waals surface area contributed by atoms with E-state index in [1.54, 1.807) is 16.3 Å². The predicted octanol–water partition coefficient (Wildman–Crippen LogP) is 3.00. The number of anilines is 1. The second-order valence-electron chi connectivity index (χ2n) is 7.45. The van der Waals surface area contributed by atoms with Crippen molar-refractivity contribution in [2.24, 2.45) is 0 Å². The summed E-state index contributed by atoms with van der Waals surface area (Å²) in [5.74, 6) is -0.592. The Morgan fingerprint density at radius 1 is 1.00 bits per heavy atom. The van der Waals surface area contributed by atoms with Crippen LogP contribution in [0.1, 0.15) is 11.1 Å². The summed E-state index contributed by atoms with van der Waals surface area (Å²) < 4.78 is 16.1. The molecule has 1 amide bonds. The van der Waals surface area contributed by atoms with Crippen molar-refractivity contribution in [2.75, 3.05) is 11.4 Å². The second kappa shape index (κ2) is 7.63. The number of carbonyl (C=O) groups excluding carboxylic acids is 1. The van der Waals surface area contributed by atoms with Gasteiger partial charge in [-0.05, 0) is 47.2 Å². The molecule has 0 saturated carbocycles. The zero-order chi connectivity index (χ0) is 21.5. The zero-order valence-corrected chi connectivity index (χ0v) is 17.3. The molecule has 2 aromatic heterocycles. The highest BCUT2D eigenvalue weighted by molar-refractivity contribution is 7.17. The molecule has 0 aliphatic carbocycles. The van der Waals surface area contributed by atoms with E-state index in [0.717, 1.165) is 22.2 Å². The lowest BCUT2D eigenvalue weighted by Gasteiger charge is -2.19. The SMILES string of the molecule is O=C(Cn1c(=O)n(Cc2ccc(F)cc2)c(=O)c2sccc21)N1CCc2ccccc21. The smallest absolute Gasteiger partial charge is 0.310 e. The van der Waals surface area contributed by atoms with E-state index in [-0.39, 0.29) is 19.0 Å². The van der Waals surface area contributed by atoms with Gasteiger partial charge in [-0.25, -0.2) is 9.18 Å². The highest BCUT2D eigenvalue weighted by Crippen LogP contribution is 2.27. The maximum absolute atomic E-state index is 13.3. The normalized spacial score (nSPS) is 13.0. The molecule has 1 aliphatic heterocycles. The fraction of sp³-hybridized carbons (Fsp3) is 0.174. The number of fused-ring (bicyclic) bond motifs is 2. The summed E-state index contributed by atoms with van der Waals surface area (Å²) in [5, 5.41) is 1.74. The molecule has 0 atom stereocenters. The number of para-hydroxylation sites is 1. The Hall–Kier alpha value is -3.52. The van der Waals surface area contributed by atoms with Gasteiger partial charge in [0.05, 0.1) is 12.1 Å². The van der Waals surface area contributed by atoms with Gasteiger partial charge in [0.15, 0.2) is 0 Å². The summed E-state index contributed by atoms with van der Waals surface area (Å²) >= 11 is 1.23. The lowest BCUT2D eigenvalue weighted by atomic mass is 10.2. The van der Waals surface area contributed by atoms with Gasteiger partial charge in [-0.2, -0.15) is 0 Å². The number of carbonyl (C=O) groups is 1. The van der Waals surface area contributed by atoms with Crippen LogP contribution in [0.3, 0.4) is 0 Å². The molecule has 31 heavy (non-hydrogen) atoms. The van der Waals surface area contributed by atoms with Gasteiger partial charge >= 0.3 is 5.69 Å². The van der Waals surface area contributed by atoms with Crippen LogP contribution in [0.25, 0.3) is 10.2 Å². The van der Waals surface area contributed by atoms with E-state index in [1.807, 2.05) is 24.3 Å². The third-order valence-electron chi connectivity index (χ3n) is 5.57. The highest BCUT2D eigenvalue weighted by atomic mass is 32.1. The number of nitrogens with zero attached hydrogens (tertiary/aromatic N) is 3. The van der Waals surface area contributed by atoms with Crippen LogP contribution in [0.4, 0.5) is 10.1 Å². The van der Waals surface area contributed by atoms with Crippen molar-refractivity contribution >= 4 is 33.1 Å². The van der Waals surface area contributed by atoms with Crippen LogP contribution in [0, 0.1) is 5.82 Å². The Balaban J connectivity index is 1.55. The first kappa shape index (κ1) is 19.4. The summed E-state index contributed by atoms with van der Waals surface area (Å²) in [5.41, 5.74) is 2.08. The molecule has 156 valence electrons. The molecule has 6 nitrogen and oxygen atoms in total. The summed E-state index contributed by atoms with van der Waals surface area (Å²) in [6.45, 7) is 0.408. The molecule has 2 aromatic carbocycles. The molecule has 0 N–H and O–H groups in total. The number of amides is 1. The molecule has 0 bridgehead atoms. The van der Waals surface area contributed by atoms with E-state index < -0.39 is 17.1 Å². The fourth-order valence-electron chi connectivity index (χ4n) is 4.02. The molecule has 0 saturated heterocycles. The van der Waals surface area contributed by atoms with E-state index in [9.17, 15) is 18.8 Å². The molecule has 3 heterocycles. The average molecular weight is 435 g/mol. The number of halogens is 1. The quantitative estimate of drug-likeness (QED) is 0.495. The highest BCUT2D eigenvalue weighted by Gasteiger charge is 2.26. The van der Waals surface area contributed by atoms with Gasteiger partial charge in [-0.15, -0.1) is 11.3 Å². The molecule has 0 spiro atoms. The van der Waals surface area contributed by atoms with Crippen molar-refractivity contribution in [3.63, 3.8) is 0 Å². The van der Waals surface area contributed by atoms with Crippen molar-refractivity contribution in [2.45, 2.75) is 19.5 Å². The molecule has 0 radical (unpaired) electrons. The average Bonchev–Trinajstić information content (AvgIpc) is 3.43. The van der Waals surface area contributed by atoms with E-state index >= 15 is 0 Å². The first-order valence-electron chi connectivity index (χ1n) is 9.86. The van der Waals surface area contributed by atoms with Crippen molar-refractivity contribution in [3.8, 4) is 0 Å². The lowest BCUT2D eigenvalue weighted by molar-refractivity contribution is -0.119. The minimum atomic E-state index is -0.555. The van der Waals surface area contributed by atoms with Crippen LogP contribution in [-0.2, 0) is 24.3 Å². The minimum Gasteiger partial charge on any atom is -0.310 e. The molecule has 4 aromatic rings. The summed E-state index contributed by atoms with van der Waals surface area (Å²) in [7, 11) is 0. The molecular weight excluding hydrogens is 417 g/mol. The number of hydrogen-bond donors (Lipinski definition) is 0. The number of benzene rings is 2. The van der Waals surface area contributed by atoms with E-state index in [0.29, 0.717) is 22.3 Å². The van der Waals surface area contributed by atoms with E-state index in [4.69, 9.17) is 0 Å². The molecular formula is C23H18FN3O3S. The molecule has 0 unspecified atom stereocenters. The number of hydrogen-bond acceptors (Lipinski definition) is 4. The van der Waals surface area contributed by atoms with Crippen LogP contribution in [0.2, 0.25) is 0 Å². The standard InChI is InChI=1S/C23H18FN3O3S/c24-17-7-5-15(6-8-17)13-27-22(29)21-19(10-12-31-21)26(23(27)30)14-20(28)25-11-9-16-3-1-2-4-18(16)25/h1-8,10,12H,9,11,13-14H2. The van der Waals surface area contributed by atoms with Crippen LogP contribution < -0.4 is 16.1 Å². The summed E-state index contributed by atoms with van der Waals surface area (Å²) in [6, 6.07) is 15.1. The minimum absolute atomic E-state index is 0.00647. The molecule has 5 rings (SSSR count). The van der Waals surface area contributed by atoms with Crippen molar-refractivity contribution in [3.05, 3.63) is 97.8 Å². The summed E-state index contributed by atoms with van der Waals surface area (Å²) in [4.78, 5) is 41.0. The topological polar surface area (TPSA) is 64.3 Å². The second-order valence-corrected chi connectivity index (χ2v) is 8.36. The third kappa shape index (κ3) is 3.38. The van der Waals surface area contributed by atoms with Gasteiger partial charge in [0, 0.05) is 12.2 Å². The van der Waals surface area contributed by atoms with Gasteiger partial charge in [0.1, 0.15) is 17.1 Å². The van der Waals surface area contributed by atoms with E-state index in [1.165, 1.54) is 40.2 Å². The first-order valence-corrected chi connectivity index (χ1v) is 10.7. The monoisotopic (exact) mass is 435 g/mol. The maximum Gasteiger partial charge on any atom is 0.332 e. The van der Waals surface area contributed by atoms with Gasteiger partial charge < -0.3 is 4.90 Å². The van der Waals surface area contributed by atoms with Gasteiger partial charge in [0.25, 0.3) is 5.56 Å². The predicted molar refractivity (Wildman–Crippen MR) is 118 cm³/mol. The number of thiophene rings is 1. The molecule has 1 aliphatic rings. The fourth-order valence-corrected chi connectivity index (χ4v) is 4.86. The Bertz CT molecular complexity index is 1420. The van der Waals surface area contributed by atoms with Gasteiger partial charge in [0.2, 0.25) is 5.91 Å². The van der Waals surface area contributed by atoms with Crippen molar-refractivity contribution in [1.82, 2.24) is 9.13 Å². The van der Waals surface area contributed by atoms with Crippen molar-refractivity contribution < 1.29 is 9.18 Å². The number of aromatic nitrogens is 2.